The third kappa shape index (κ3) is 7.19. The Morgan fingerprint density at radius 3 is 2.74 bits per heavy atom. The molecule has 23 heavy (non-hydrogen) atoms. The van der Waals surface area contributed by atoms with Crippen molar-refractivity contribution < 1.29 is 14.3 Å². The molecule has 0 fully saturated rings. The number of nitrogens with one attached hydrogen (secondary N) is 3. The summed E-state index contributed by atoms with van der Waals surface area (Å²) in [6.07, 6.45) is 1.88. The van der Waals surface area contributed by atoms with Crippen molar-refractivity contribution in [2.75, 3.05) is 19.6 Å². The highest BCUT2D eigenvalue weighted by Crippen LogP contribution is 2.20. The lowest BCUT2D eigenvalue weighted by atomic mass is 10.0. The van der Waals surface area contributed by atoms with Crippen LogP contribution in [0.1, 0.15) is 39.9 Å². The van der Waals surface area contributed by atoms with Gasteiger partial charge in [-0.15, -0.1) is 0 Å². The molecular formula is C16H28N4O3. The van der Waals surface area contributed by atoms with Gasteiger partial charge in [-0.2, -0.15) is 0 Å². The number of carbonyl (C=O) groups excluding carboxylic acids is 1. The minimum Gasteiger partial charge on any atom is -0.466 e. The highest BCUT2D eigenvalue weighted by molar-refractivity contribution is 5.81. The molecule has 0 bridgehead atoms. The first-order valence-corrected chi connectivity index (χ1v) is 7.93. The lowest BCUT2D eigenvalue weighted by molar-refractivity contribution is -0.121. The van der Waals surface area contributed by atoms with Gasteiger partial charge in [0.15, 0.2) is 5.96 Å². The van der Waals surface area contributed by atoms with Crippen LogP contribution < -0.4 is 16.0 Å². The number of hydrogen-bond acceptors (Lipinski definition) is 4. The first kappa shape index (κ1) is 19.0. The smallest absolute Gasteiger partial charge is 0.221 e. The zero-order chi connectivity index (χ0) is 17.3. The van der Waals surface area contributed by atoms with E-state index in [4.69, 9.17) is 4.42 Å². The van der Waals surface area contributed by atoms with E-state index in [0.717, 1.165) is 0 Å². The van der Waals surface area contributed by atoms with Crippen LogP contribution in [0.3, 0.4) is 0 Å². The van der Waals surface area contributed by atoms with E-state index in [1.165, 1.54) is 6.26 Å². The van der Waals surface area contributed by atoms with Gasteiger partial charge in [0.05, 0.1) is 12.8 Å². The fraction of sp³-hybridized carbons (Fsp3) is 0.625. The number of hydrogen-bond donors (Lipinski definition) is 4. The molecule has 1 aromatic rings. The van der Waals surface area contributed by atoms with Crippen molar-refractivity contribution in [3.63, 3.8) is 0 Å². The molecule has 0 spiro atoms. The summed E-state index contributed by atoms with van der Waals surface area (Å²) in [5.74, 6) is 1.01. The van der Waals surface area contributed by atoms with Crippen LogP contribution >= 0.6 is 0 Å². The summed E-state index contributed by atoms with van der Waals surface area (Å²) in [5, 5.41) is 19.4. The Labute approximate surface area is 137 Å². The number of aliphatic hydroxyl groups is 1. The predicted molar refractivity (Wildman–Crippen MR) is 90.2 cm³/mol. The molecule has 0 aliphatic rings. The standard InChI is InChI=1S/C16H28N4O3/c1-5-17-15(18-9-8-14(21)20-12(2)3)19-11-16(4,22)13-7-6-10-23-13/h6-7,10,12,22H,5,8-9,11H2,1-4H3,(H,20,21)(H2,17,18,19). The van der Waals surface area contributed by atoms with Crippen molar-refractivity contribution in [1.82, 2.24) is 16.0 Å². The topological polar surface area (TPSA) is 98.9 Å². The zero-order valence-corrected chi connectivity index (χ0v) is 14.3. The van der Waals surface area contributed by atoms with Gasteiger partial charge in [-0.1, -0.05) is 0 Å². The van der Waals surface area contributed by atoms with Crippen molar-refractivity contribution >= 4 is 11.9 Å². The molecule has 1 unspecified atom stereocenters. The Morgan fingerprint density at radius 2 is 2.17 bits per heavy atom. The summed E-state index contributed by atoms with van der Waals surface area (Å²) in [5.41, 5.74) is -1.18. The summed E-state index contributed by atoms with van der Waals surface area (Å²) in [6, 6.07) is 3.57. The number of nitrogens with zero attached hydrogens (tertiary/aromatic N) is 1. The lowest BCUT2D eigenvalue weighted by Crippen LogP contribution is -2.41. The fourth-order valence-electron chi connectivity index (χ4n) is 1.93. The third-order valence-corrected chi connectivity index (χ3v) is 3.04. The molecule has 1 heterocycles. The van der Waals surface area contributed by atoms with Crippen LogP contribution in [0, 0.1) is 0 Å². The second kappa shape index (κ2) is 9.19. The van der Waals surface area contributed by atoms with E-state index in [-0.39, 0.29) is 18.5 Å². The van der Waals surface area contributed by atoms with Crippen LogP contribution in [0.5, 0.6) is 0 Å². The Morgan fingerprint density at radius 1 is 1.43 bits per heavy atom. The number of furan rings is 1. The quantitative estimate of drug-likeness (QED) is 0.422. The van der Waals surface area contributed by atoms with Crippen LogP contribution in [-0.2, 0) is 10.4 Å². The molecule has 1 aromatic heterocycles. The van der Waals surface area contributed by atoms with E-state index >= 15 is 0 Å². The second-order valence-electron chi connectivity index (χ2n) is 5.85. The normalized spacial score (nSPS) is 14.4. The molecule has 0 aliphatic carbocycles. The third-order valence-electron chi connectivity index (χ3n) is 3.04. The number of guanidine groups is 1. The molecular weight excluding hydrogens is 296 g/mol. The number of aliphatic imine (C=N–C) groups is 1. The highest BCUT2D eigenvalue weighted by atomic mass is 16.4. The lowest BCUT2D eigenvalue weighted by Gasteiger charge is -2.19. The molecule has 7 nitrogen and oxygen atoms in total. The van der Waals surface area contributed by atoms with E-state index in [2.05, 4.69) is 20.9 Å². The van der Waals surface area contributed by atoms with E-state index in [0.29, 0.717) is 31.2 Å². The second-order valence-corrected chi connectivity index (χ2v) is 5.85. The molecule has 1 amide bonds. The van der Waals surface area contributed by atoms with E-state index in [9.17, 15) is 9.90 Å². The van der Waals surface area contributed by atoms with Crippen LogP contribution in [0.15, 0.2) is 27.8 Å². The maximum atomic E-state index is 11.6. The monoisotopic (exact) mass is 324 g/mol. The molecule has 0 aliphatic heterocycles. The van der Waals surface area contributed by atoms with Gasteiger partial charge in [-0.05, 0) is 39.8 Å². The Kier molecular flexibility index (Phi) is 7.61. The van der Waals surface area contributed by atoms with Crippen LogP contribution in [0.2, 0.25) is 0 Å². The Hall–Kier alpha value is -2.02. The maximum Gasteiger partial charge on any atom is 0.221 e. The predicted octanol–water partition coefficient (Wildman–Crippen LogP) is 0.957. The maximum absolute atomic E-state index is 11.6. The largest absolute Gasteiger partial charge is 0.466 e. The van der Waals surface area contributed by atoms with Gasteiger partial charge in [0.1, 0.15) is 11.4 Å². The van der Waals surface area contributed by atoms with Crippen molar-refractivity contribution in [2.24, 2.45) is 4.99 Å². The minimum atomic E-state index is -1.18. The fourth-order valence-corrected chi connectivity index (χ4v) is 1.93. The van der Waals surface area contributed by atoms with Gasteiger partial charge in [0, 0.05) is 25.6 Å². The average molecular weight is 324 g/mol. The number of rotatable bonds is 8. The van der Waals surface area contributed by atoms with E-state index < -0.39 is 5.60 Å². The summed E-state index contributed by atoms with van der Waals surface area (Å²) < 4.78 is 5.23. The van der Waals surface area contributed by atoms with E-state index in [1.54, 1.807) is 19.1 Å². The van der Waals surface area contributed by atoms with Gasteiger partial charge >= 0.3 is 0 Å². The molecule has 0 saturated carbocycles. The van der Waals surface area contributed by atoms with Crippen molar-refractivity contribution in [3.05, 3.63) is 24.2 Å². The van der Waals surface area contributed by atoms with Gasteiger partial charge in [-0.3, -0.25) is 4.79 Å². The molecule has 1 atom stereocenters. The van der Waals surface area contributed by atoms with Crippen LogP contribution in [0.4, 0.5) is 0 Å². The number of amides is 1. The molecule has 1 rings (SSSR count). The zero-order valence-electron chi connectivity index (χ0n) is 14.3. The summed E-state index contributed by atoms with van der Waals surface area (Å²) >= 11 is 0. The van der Waals surface area contributed by atoms with Gasteiger partial charge in [0.25, 0.3) is 0 Å². The molecule has 0 radical (unpaired) electrons. The summed E-state index contributed by atoms with van der Waals surface area (Å²) in [7, 11) is 0. The molecule has 4 N–H and O–H groups in total. The van der Waals surface area contributed by atoms with Crippen molar-refractivity contribution in [2.45, 2.75) is 45.8 Å². The number of carbonyl (C=O) groups is 1. The van der Waals surface area contributed by atoms with Gasteiger partial charge in [0.2, 0.25) is 5.91 Å². The van der Waals surface area contributed by atoms with Crippen LogP contribution in [0.25, 0.3) is 0 Å². The molecule has 0 aromatic carbocycles. The van der Waals surface area contributed by atoms with Crippen molar-refractivity contribution in [3.8, 4) is 0 Å². The SMILES string of the molecule is CCNC(=NCC(C)(O)c1ccco1)NCCC(=O)NC(C)C. The Balaban J connectivity index is 2.52. The highest BCUT2D eigenvalue weighted by Gasteiger charge is 2.26. The molecule has 0 saturated heterocycles. The van der Waals surface area contributed by atoms with Crippen molar-refractivity contribution in [1.29, 1.82) is 0 Å². The van der Waals surface area contributed by atoms with Gasteiger partial charge in [-0.25, -0.2) is 4.99 Å². The summed E-state index contributed by atoms with van der Waals surface area (Å²) in [4.78, 5) is 16.0. The first-order chi connectivity index (χ1) is 10.8. The average Bonchev–Trinajstić information content (AvgIpc) is 2.99. The first-order valence-electron chi connectivity index (χ1n) is 7.93. The molecule has 130 valence electrons. The minimum absolute atomic E-state index is 0.00840. The summed E-state index contributed by atoms with van der Waals surface area (Å²) in [6.45, 7) is 8.75. The van der Waals surface area contributed by atoms with Crippen LogP contribution in [-0.4, -0.2) is 42.6 Å². The van der Waals surface area contributed by atoms with E-state index in [1.807, 2.05) is 20.8 Å². The molecule has 7 heteroatoms. The Bertz CT molecular complexity index is 495. The van der Waals surface area contributed by atoms with Gasteiger partial charge < -0.3 is 25.5 Å².